The highest BCUT2D eigenvalue weighted by molar-refractivity contribution is 7.90. The van der Waals surface area contributed by atoms with E-state index in [1.807, 2.05) is 20.8 Å². The molecule has 0 saturated carbocycles. The lowest BCUT2D eigenvalue weighted by Crippen LogP contribution is -2.23. The highest BCUT2D eigenvalue weighted by atomic mass is 32.2. The summed E-state index contributed by atoms with van der Waals surface area (Å²) in [6.07, 6.45) is 7.76. The van der Waals surface area contributed by atoms with Gasteiger partial charge in [-0.1, -0.05) is 56.9 Å². The van der Waals surface area contributed by atoms with Crippen molar-refractivity contribution in [3.63, 3.8) is 0 Å². The molecule has 1 aromatic rings. The van der Waals surface area contributed by atoms with Gasteiger partial charge in [-0.2, -0.15) is 0 Å². The highest BCUT2D eigenvalue weighted by Crippen LogP contribution is 2.21. The summed E-state index contributed by atoms with van der Waals surface area (Å²) in [7, 11) is -3.33. The first-order valence-electron chi connectivity index (χ1n) is 8.02. The number of carbonyl (C=O) groups excluding carboxylic acids is 2. The topological polar surface area (TPSA) is 68.3 Å². The number of ketones is 2. The summed E-state index contributed by atoms with van der Waals surface area (Å²) in [6.45, 7) is 10.8. The molecule has 0 aliphatic rings. The van der Waals surface area contributed by atoms with Crippen molar-refractivity contribution < 1.29 is 18.0 Å². The van der Waals surface area contributed by atoms with Gasteiger partial charge in [0.25, 0.3) is 0 Å². The van der Waals surface area contributed by atoms with Gasteiger partial charge in [0.1, 0.15) is 11.7 Å². The molecule has 0 fully saturated rings. The lowest BCUT2D eigenvalue weighted by Gasteiger charge is -2.14. The van der Waals surface area contributed by atoms with Gasteiger partial charge >= 0.3 is 0 Å². The van der Waals surface area contributed by atoms with Crippen molar-refractivity contribution in [2.45, 2.75) is 32.6 Å². The Hall–Kier alpha value is -2.27. The lowest BCUT2D eigenvalue weighted by molar-refractivity contribution is -0.118. The van der Waals surface area contributed by atoms with Crippen molar-refractivity contribution in [2.75, 3.05) is 6.26 Å². The molecule has 0 N–H and O–H groups in total. The summed E-state index contributed by atoms with van der Waals surface area (Å²) in [4.78, 5) is 24.7. The first kappa shape index (κ1) is 22.7. The van der Waals surface area contributed by atoms with Crippen LogP contribution in [0.25, 0.3) is 0 Å². The summed E-state index contributed by atoms with van der Waals surface area (Å²) < 4.78 is 22.9. The first-order valence-corrected chi connectivity index (χ1v) is 9.91. The van der Waals surface area contributed by atoms with Crippen LogP contribution in [-0.4, -0.2) is 26.2 Å². The predicted octanol–water partition coefficient (Wildman–Crippen LogP) is 4.19. The van der Waals surface area contributed by atoms with Crippen LogP contribution in [0.2, 0.25) is 0 Å². The number of hydrogen-bond acceptors (Lipinski definition) is 4. The molecule has 0 spiro atoms. The quantitative estimate of drug-likeness (QED) is 0.414. The minimum Gasteiger partial charge on any atom is -0.299 e. The molecule has 136 valence electrons. The van der Waals surface area contributed by atoms with Crippen LogP contribution in [0, 0.1) is 5.92 Å². The third-order valence-electron chi connectivity index (χ3n) is 3.29. The molecule has 0 radical (unpaired) electrons. The third kappa shape index (κ3) is 6.63. The minimum absolute atomic E-state index is 0.127. The Kier molecular flexibility index (Phi) is 9.61. The molecule has 0 bridgehead atoms. The van der Waals surface area contributed by atoms with Crippen LogP contribution in [0.15, 0.2) is 65.6 Å². The van der Waals surface area contributed by atoms with Crippen LogP contribution in [0.3, 0.4) is 0 Å². The van der Waals surface area contributed by atoms with E-state index in [1.165, 1.54) is 37.3 Å². The normalized spacial score (nSPS) is 12.9. The molecule has 1 atom stereocenters. The molecule has 0 heterocycles. The number of rotatable bonds is 7. The van der Waals surface area contributed by atoms with Crippen molar-refractivity contribution in [2.24, 2.45) is 5.92 Å². The minimum atomic E-state index is -3.33. The molecule has 1 unspecified atom stereocenters. The van der Waals surface area contributed by atoms with E-state index < -0.39 is 15.8 Å². The summed E-state index contributed by atoms with van der Waals surface area (Å²) in [5, 5.41) is 0. The number of hydrogen-bond donors (Lipinski definition) is 0. The van der Waals surface area contributed by atoms with E-state index in [2.05, 4.69) is 6.58 Å². The molecule has 0 amide bonds. The predicted molar refractivity (Wildman–Crippen MR) is 102 cm³/mol. The van der Waals surface area contributed by atoms with Gasteiger partial charge in [-0.15, -0.1) is 0 Å². The molecular weight excluding hydrogens is 336 g/mol. The molecule has 0 aliphatic carbocycles. The average molecular weight is 362 g/mol. The van der Waals surface area contributed by atoms with Gasteiger partial charge in [-0.25, -0.2) is 8.42 Å². The second kappa shape index (κ2) is 10.6. The van der Waals surface area contributed by atoms with Gasteiger partial charge in [0, 0.05) is 11.8 Å². The Bertz CT molecular complexity index is 766. The maximum absolute atomic E-state index is 12.6. The van der Waals surface area contributed by atoms with Crippen molar-refractivity contribution in [3.8, 4) is 0 Å². The molecular formula is C20H26O4S. The van der Waals surface area contributed by atoms with Crippen LogP contribution in [-0.2, 0) is 14.6 Å². The fraction of sp³-hybridized carbons (Fsp3) is 0.300. The second-order valence-electron chi connectivity index (χ2n) is 5.10. The Balaban J connectivity index is 0.00000277. The zero-order chi connectivity index (χ0) is 19.6. The fourth-order valence-corrected chi connectivity index (χ4v) is 2.72. The van der Waals surface area contributed by atoms with Crippen LogP contribution in [0.4, 0.5) is 0 Å². The van der Waals surface area contributed by atoms with E-state index in [0.717, 1.165) is 6.26 Å². The maximum Gasteiger partial charge on any atom is 0.177 e. The summed E-state index contributed by atoms with van der Waals surface area (Å²) in [5.41, 5.74) is 0.790. The van der Waals surface area contributed by atoms with Crippen LogP contribution >= 0.6 is 0 Å². The Morgan fingerprint density at radius 1 is 1.12 bits per heavy atom. The third-order valence-corrected chi connectivity index (χ3v) is 4.41. The molecule has 5 heteroatoms. The molecule has 0 aliphatic heterocycles. The van der Waals surface area contributed by atoms with Crippen molar-refractivity contribution in [1.82, 2.24) is 0 Å². The summed E-state index contributed by atoms with van der Waals surface area (Å²) in [5.74, 6) is -1.63. The highest BCUT2D eigenvalue weighted by Gasteiger charge is 2.27. The molecule has 4 nitrogen and oxygen atoms in total. The SMILES string of the molecule is C=C/C(=C\C=C/C)C(C(C)=O)C(=O)c1ccc(S(C)(=O)=O)cc1.CC. The maximum atomic E-state index is 12.6. The van der Waals surface area contributed by atoms with Crippen LogP contribution < -0.4 is 0 Å². The fourth-order valence-electron chi connectivity index (χ4n) is 2.09. The summed E-state index contributed by atoms with van der Waals surface area (Å²) in [6, 6.07) is 5.57. The molecule has 25 heavy (non-hydrogen) atoms. The zero-order valence-corrected chi connectivity index (χ0v) is 16.3. The largest absolute Gasteiger partial charge is 0.299 e. The standard InChI is InChI=1S/C18H20O4S.C2H6/c1-5-7-8-14(6-2)17(13(3)19)18(20)15-9-11-16(12-10-15)23(4,21)22;1-2/h5-12,17H,2H2,1,3-4H3;1-2H3/b7-5-,14-8+;. The Labute approximate surface area is 150 Å². The van der Waals surface area contributed by atoms with Gasteiger partial charge < -0.3 is 0 Å². The molecule has 1 rings (SSSR count). The number of carbonyl (C=O) groups is 2. The molecule has 1 aromatic carbocycles. The Morgan fingerprint density at radius 3 is 2.00 bits per heavy atom. The Morgan fingerprint density at radius 2 is 1.64 bits per heavy atom. The van der Waals surface area contributed by atoms with Crippen molar-refractivity contribution >= 4 is 21.4 Å². The first-order chi connectivity index (χ1) is 11.7. The van der Waals surface area contributed by atoms with E-state index in [9.17, 15) is 18.0 Å². The van der Waals surface area contributed by atoms with Gasteiger partial charge in [0.15, 0.2) is 15.6 Å². The van der Waals surface area contributed by atoms with Crippen LogP contribution in [0.1, 0.15) is 38.1 Å². The lowest BCUT2D eigenvalue weighted by atomic mass is 9.87. The van der Waals surface area contributed by atoms with E-state index in [4.69, 9.17) is 0 Å². The molecule has 0 aromatic heterocycles. The van der Waals surface area contributed by atoms with Crippen molar-refractivity contribution in [3.05, 3.63) is 66.3 Å². The monoisotopic (exact) mass is 362 g/mol. The number of allylic oxidation sites excluding steroid dienone is 5. The van der Waals surface area contributed by atoms with Crippen LogP contribution in [0.5, 0.6) is 0 Å². The zero-order valence-electron chi connectivity index (χ0n) is 15.4. The average Bonchev–Trinajstić information content (AvgIpc) is 2.58. The van der Waals surface area contributed by atoms with Gasteiger partial charge in [-0.3, -0.25) is 9.59 Å². The van der Waals surface area contributed by atoms with E-state index >= 15 is 0 Å². The smallest absolute Gasteiger partial charge is 0.177 e. The van der Waals surface area contributed by atoms with Gasteiger partial charge in [0.2, 0.25) is 0 Å². The van der Waals surface area contributed by atoms with E-state index in [0.29, 0.717) is 5.57 Å². The molecule has 0 saturated heterocycles. The van der Waals surface area contributed by atoms with Crippen molar-refractivity contribution in [1.29, 1.82) is 0 Å². The number of sulfone groups is 1. The van der Waals surface area contributed by atoms with E-state index in [-0.39, 0.29) is 22.0 Å². The van der Waals surface area contributed by atoms with E-state index in [1.54, 1.807) is 18.2 Å². The van der Waals surface area contributed by atoms with Gasteiger partial charge in [0.05, 0.1) is 4.90 Å². The second-order valence-corrected chi connectivity index (χ2v) is 7.12. The number of Topliss-reactive ketones (excluding diaryl/α,β-unsaturated/α-hetero) is 2. The summed E-state index contributed by atoms with van der Waals surface area (Å²) >= 11 is 0. The number of benzene rings is 1. The van der Waals surface area contributed by atoms with Gasteiger partial charge in [-0.05, 0) is 31.6 Å².